The third-order valence-corrected chi connectivity index (χ3v) is 3.24. The minimum absolute atomic E-state index is 0.00148. The molecule has 1 N–H and O–H groups in total. The van der Waals surface area contributed by atoms with Crippen LogP contribution in [0.1, 0.15) is 33.2 Å². The molecule has 21 heavy (non-hydrogen) atoms. The zero-order valence-electron chi connectivity index (χ0n) is 11.3. The lowest BCUT2D eigenvalue weighted by atomic mass is 10.1. The second-order valence-electron chi connectivity index (χ2n) is 4.60. The molecule has 102 valence electrons. The number of hydrogen-bond donors (Lipinski definition) is 1. The van der Waals surface area contributed by atoms with Crippen molar-refractivity contribution in [2.24, 2.45) is 0 Å². The van der Waals surface area contributed by atoms with Gasteiger partial charge in [-0.3, -0.25) is 9.59 Å². The summed E-state index contributed by atoms with van der Waals surface area (Å²) in [5.41, 5.74) is 1.73. The van der Waals surface area contributed by atoms with Gasteiger partial charge in [0.15, 0.2) is 0 Å². The Kier molecular flexibility index (Phi) is 2.96. The van der Waals surface area contributed by atoms with Gasteiger partial charge in [-0.15, -0.1) is 5.92 Å². The number of rotatable bonds is 1. The van der Waals surface area contributed by atoms with Crippen LogP contribution in [0.2, 0.25) is 0 Å². The zero-order valence-corrected chi connectivity index (χ0v) is 11.3. The monoisotopic (exact) mass is 277 g/mol. The number of fused-ring (bicyclic) bond motifs is 1. The Morgan fingerprint density at radius 1 is 1.00 bits per heavy atom. The molecule has 2 amide bonds. The lowest BCUT2D eigenvalue weighted by molar-refractivity contribution is 0.0926. The molecule has 1 heterocycles. The van der Waals surface area contributed by atoms with E-state index in [1.807, 2.05) is 0 Å². The number of anilines is 1. The molecule has 4 nitrogen and oxygen atoms in total. The number of phenols is 1. The van der Waals surface area contributed by atoms with Crippen LogP contribution >= 0.6 is 0 Å². The average molecular weight is 277 g/mol. The number of phenolic OH excluding ortho intramolecular Hbond substituents is 1. The number of carbonyl (C=O) groups is 2. The molecule has 0 spiro atoms. The summed E-state index contributed by atoms with van der Waals surface area (Å²) in [6.07, 6.45) is 0. The topological polar surface area (TPSA) is 57.6 Å². The smallest absolute Gasteiger partial charge is 0.266 e. The van der Waals surface area contributed by atoms with Crippen LogP contribution < -0.4 is 4.90 Å². The minimum atomic E-state index is -0.402. The van der Waals surface area contributed by atoms with Gasteiger partial charge in [-0.05, 0) is 37.3 Å². The highest BCUT2D eigenvalue weighted by molar-refractivity contribution is 6.34. The fourth-order valence-corrected chi connectivity index (χ4v) is 2.33. The molecule has 0 bridgehead atoms. The quantitative estimate of drug-likeness (QED) is 0.644. The molecule has 3 rings (SSSR count). The van der Waals surface area contributed by atoms with Crippen molar-refractivity contribution in [3.63, 3.8) is 0 Å². The highest BCUT2D eigenvalue weighted by Gasteiger charge is 2.36. The molecule has 0 atom stereocenters. The number of aromatic hydroxyl groups is 1. The van der Waals surface area contributed by atoms with E-state index in [1.54, 1.807) is 37.3 Å². The molecule has 2 aromatic carbocycles. The van der Waals surface area contributed by atoms with Crippen molar-refractivity contribution in [2.75, 3.05) is 4.90 Å². The van der Waals surface area contributed by atoms with Gasteiger partial charge >= 0.3 is 0 Å². The SMILES string of the molecule is CC#Cc1ccc2c(c1)C(=O)N(c1cccc(O)c1)C2=O. The van der Waals surface area contributed by atoms with Gasteiger partial charge < -0.3 is 5.11 Å². The Hall–Kier alpha value is -3.06. The number of benzene rings is 2. The Balaban J connectivity index is 2.10. The molecule has 0 fully saturated rings. The molecular weight excluding hydrogens is 266 g/mol. The predicted octanol–water partition coefficient (Wildman–Crippen LogP) is 2.56. The van der Waals surface area contributed by atoms with Gasteiger partial charge in [-0.1, -0.05) is 12.0 Å². The summed E-state index contributed by atoms with van der Waals surface area (Å²) in [5.74, 6) is 4.83. The molecule has 0 saturated carbocycles. The van der Waals surface area contributed by atoms with Gasteiger partial charge in [0.2, 0.25) is 0 Å². The van der Waals surface area contributed by atoms with E-state index in [-0.39, 0.29) is 5.75 Å². The Morgan fingerprint density at radius 3 is 2.48 bits per heavy atom. The van der Waals surface area contributed by atoms with Crippen molar-refractivity contribution in [2.45, 2.75) is 6.92 Å². The van der Waals surface area contributed by atoms with E-state index in [1.165, 1.54) is 12.1 Å². The largest absolute Gasteiger partial charge is 0.508 e. The molecule has 0 saturated heterocycles. The molecule has 1 aliphatic rings. The van der Waals surface area contributed by atoms with Gasteiger partial charge in [0.1, 0.15) is 5.75 Å². The standard InChI is InChI=1S/C17H11NO3/c1-2-4-11-7-8-14-15(9-11)17(21)18(16(14)20)12-5-3-6-13(19)10-12/h3,5-10,19H,1H3. The van der Waals surface area contributed by atoms with Crippen molar-refractivity contribution in [1.29, 1.82) is 0 Å². The third kappa shape index (κ3) is 2.05. The van der Waals surface area contributed by atoms with Gasteiger partial charge in [0.05, 0.1) is 16.8 Å². The van der Waals surface area contributed by atoms with Crippen LogP contribution in [-0.4, -0.2) is 16.9 Å². The van der Waals surface area contributed by atoms with Crippen molar-refractivity contribution in [3.8, 4) is 17.6 Å². The van der Waals surface area contributed by atoms with Gasteiger partial charge in [0.25, 0.3) is 11.8 Å². The van der Waals surface area contributed by atoms with Crippen molar-refractivity contribution in [3.05, 3.63) is 59.2 Å². The maximum absolute atomic E-state index is 12.5. The number of amides is 2. The molecule has 4 heteroatoms. The molecule has 0 unspecified atom stereocenters. The van der Waals surface area contributed by atoms with Crippen LogP contribution in [0.25, 0.3) is 0 Å². The fourth-order valence-electron chi connectivity index (χ4n) is 2.33. The summed E-state index contributed by atoms with van der Waals surface area (Å²) in [5, 5.41) is 9.51. The zero-order chi connectivity index (χ0) is 15.0. The lowest BCUT2D eigenvalue weighted by Gasteiger charge is -2.13. The minimum Gasteiger partial charge on any atom is -0.508 e. The molecule has 0 aliphatic carbocycles. The molecule has 1 aliphatic heterocycles. The maximum atomic E-state index is 12.5. The normalized spacial score (nSPS) is 12.9. The molecule has 0 radical (unpaired) electrons. The average Bonchev–Trinajstić information content (AvgIpc) is 2.71. The van der Waals surface area contributed by atoms with Crippen molar-refractivity contribution >= 4 is 17.5 Å². The Bertz CT molecular complexity index is 827. The van der Waals surface area contributed by atoms with Crippen LogP contribution in [0.15, 0.2) is 42.5 Å². The Morgan fingerprint density at radius 2 is 1.76 bits per heavy atom. The summed E-state index contributed by atoms with van der Waals surface area (Å²) < 4.78 is 0. The molecular formula is C17H11NO3. The first-order valence-electron chi connectivity index (χ1n) is 6.36. The highest BCUT2D eigenvalue weighted by atomic mass is 16.3. The first-order valence-corrected chi connectivity index (χ1v) is 6.36. The summed E-state index contributed by atoms with van der Waals surface area (Å²) in [4.78, 5) is 25.9. The van der Waals surface area contributed by atoms with Crippen LogP contribution in [0.5, 0.6) is 5.75 Å². The predicted molar refractivity (Wildman–Crippen MR) is 78.2 cm³/mol. The Labute approximate surface area is 121 Å². The summed E-state index contributed by atoms with van der Waals surface area (Å²) >= 11 is 0. The van der Waals surface area contributed by atoms with E-state index in [4.69, 9.17) is 0 Å². The van der Waals surface area contributed by atoms with E-state index in [0.717, 1.165) is 4.90 Å². The first kappa shape index (κ1) is 12.9. The fraction of sp³-hybridized carbons (Fsp3) is 0.0588. The van der Waals surface area contributed by atoms with Gasteiger partial charge in [0, 0.05) is 11.6 Å². The van der Waals surface area contributed by atoms with E-state index in [9.17, 15) is 14.7 Å². The van der Waals surface area contributed by atoms with Crippen molar-refractivity contribution < 1.29 is 14.7 Å². The number of imide groups is 1. The van der Waals surface area contributed by atoms with E-state index < -0.39 is 11.8 Å². The van der Waals surface area contributed by atoms with Crippen molar-refractivity contribution in [1.82, 2.24) is 0 Å². The molecule has 2 aromatic rings. The van der Waals surface area contributed by atoms with Gasteiger partial charge in [-0.25, -0.2) is 4.90 Å². The van der Waals surface area contributed by atoms with Crippen LogP contribution in [0.4, 0.5) is 5.69 Å². The maximum Gasteiger partial charge on any atom is 0.266 e. The van der Waals surface area contributed by atoms with E-state index in [0.29, 0.717) is 22.4 Å². The second kappa shape index (κ2) is 4.80. The number of nitrogens with zero attached hydrogens (tertiary/aromatic N) is 1. The van der Waals surface area contributed by atoms with Crippen LogP contribution in [0, 0.1) is 11.8 Å². The van der Waals surface area contributed by atoms with E-state index in [2.05, 4.69) is 11.8 Å². The van der Waals surface area contributed by atoms with Gasteiger partial charge in [-0.2, -0.15) is 0 Å². The summed E-state index contributed by atoms with van der Waals surface area (Å²) in [7, 11) is 0. The lowest BCUT2D eigenvalue weighted by Crippen LogP contribution is -2.29. The first-order chi connectivity index (χ1) is 10.1. The summed E-state index contributed by atoms with van der Waals surface area (Å²) in [6, 6.07) is 11.0. The number of carbonyl (C=O) groups excluding carboxylic acids is 2. The molecule has 0 aromatic heterocycles. The third-order valence-electron chi connectivity index (χ3n) is 3.24. The number of hydrogen-bond acceptors (Lipinski definition) is 3. The van der Waals surface area contributed by atoms with Crippen LogP contribution in [-0.2, 0) is 0 Å². The second-order valence-corrected chi connectivity index (χ2v) is 4.60. The van der Waals surface area contributed by atoms with E-state index >= 15 is 0 Å². The summed E-state index contributed by atoms with van der Waals surface area (Å²) in [6.45, 7) is 1.71. The highest BCUT2D eigenvalue weighted by Crippen LogP contribution is 2.30. The van der Waals surface area contributed by atoms with Crippen LogP contribution in [0.3, 0.4) is 0 Å².